The maximum absolute atomic E-state index is 12.9. The standard InChI is InChI=1S/C24H31N3O2/c1-2-29-23-14-12-22(13-15-23)25-24(28)27(20-19-26-16-6-7-17-26)18-8-11-21-9-4-3-5-10-21/h3-5,8-15H,2,6-7,16-20H2,1H3,(H,25,28)/b11-8+. The number of benzene rings is 2. The van der Waals surface area contributed by atoms with Crippen molar-refractivity contribution in [3.63, 3.8) is 0 Å². The van der Waals surface area contributed by atoms with E-state index in [1.165, 1.54) is 12.8 Å². The van der Waals surface area contributed by atoms with Gasteiger partial charge in [0.1, 0.15) is 5.75 Å². The molecule has 1 saturated heterocycles. The molecule has 0 aliphatic carbocycles. The van der Waals surface area contributed by atoms with Gasteiger partial charge in [-0.15, -0.1) is 0 Å². The topological polar surface area (TPSA) is 44.8 Å². The number of hydrogen-bond donors (Lipinski definition) is 1. The Morgan fingerprint density at radius 3 is 2.52 bits per heavy atom. The summed E-state index contributed by atoms with van der Waals surface area (Å²) in [6, 6.07) is 17.6. The third-order valence-electron chi connectivity index (χ3n) is 5.02. The molecule has 5 heteroatoms. The van der Waals surface area contributed by atoms with Crippen LogP contribution in [0.15, 0.2) is 60.7 Å². The Labute approximate surface area is 174 Å². The number of carbonyl (C=O) groups excluding carboxylic acids is 1. The minimum absolute atomic E-state index is 0.0777. The van der Waals surface area contributed by atoms with Crippen LogP contribution in [0.4, 0.5) is 10.5 Å². The van der Waals surface area contributed by atoms with Gasteiger partial charge in [-0.1, -0.05) is 42.5 Å². The van der Waals surface area contributed by atoms with Crippen LogP contribution < -0.4 is 10.1 Å². The van der Waals surface area contributed by atoms with Gasteiger partial charge >= 0.3 is 6.03 Å². The minimum atomic E-state index is -0.0777. The van der Waals surface area contributed by atoms with Crippen LogP contribution in [0, 0.1) is 0 Å². The lowest BCUT2D eigenvalue weighted by atomic mass is 10.2. The number of anilines is 1. The fraction of sp³-hybridized carbons (Fsp3) is 0.375. The quantitative estimate of drug-likeness (QED) is 0.670. The van der Waals surface area contributed by atoms with E-state index in [2.05, 4.69) is 34.5 Å². The van der Waals surface area contributed by atoms with E-state index in [0.29, 0.717) is 19.7 Å². The summed E-state index contributed by atoms with van der Waals surface area (Å²) >= 11 is 0. The van der Waals surface area contributed by atoms with Crippen molar-refractivity contribution in [1.82, 2.24) is 9.80 Å². The van der Waals surface area contributed by atoms with Crippen LogP contribution in [0.1, 0.15) is 25.3 Å². The Hall–Kier alpha value is -2.79. The third-order valence-corrected chi connectivity index (χ3v) is 5.02. The molecule has 1 fully saturated rings. The summed E-state index contributed by atoms with van der Waals surface area (Å²) in [5.41, 5.74) is 1.91. The molecule has 0 spiro atoms. The number of rotatable bonds is 9. The second-order valence-electron chi connectivity index (χ2n) is 7.20. The van der Waals surface area contributed by atoms with Gasteiger partial charge in [-0.25, -0.2) is 4.79 Å². The highest BCUT2D eigenvalue weighted by atomic mass is 16.5. The van der Waals surface area contributed by atoms with Crippen LogP contribution in [-0.4, -0.2) is 55.2 Å². The summed E-state index contributed by atoms with van der Waals surface area (Å²) in [6.45, 7) is 7.05. The molecule has 1 N–H and O–H groups in total. The van der Waals surface area contributed by atoms with E-state index in [1.807, 2.05) is 54.3 Å². The Balaban J connectivity index is 1.60. The lowest BCUT2D eigenvalue weighted by molar-refractivity contribution is 0.207. The van der Waals surface area contributed by atoms with E-state index in [9.17, 15) is 4.79 Å². The number of likely N-dealkylation sites (tertiary alicyclic amines) is 1. The van der Waals surface area contributed by atoms with Gasteiger partial charge in [0.25, 0.3) is 0 Å². The highest BCUT2D eigenvalue weighted by Gasteiger charge is 2.16. The molecule has 29 heavy (non-hydrogen) atoms. The number of urea groups is 1. The molecule has 2 amide bonds. The maximum Gasteiger partial charge on any atom is 0.322 e. The number of carbonyl (C=O) groups is 1. The number of ether oxygens (including phenoxy) is 1. The molecule has 0 bridgehead atoms. The summed E-state index contributed by atoms with van der Waals surface area (Å²) in [5.74, 6) is 0.808. The first-order chi connectivity index (χ1) is 14.2. The molecule has 2 aromatic carbocycles. The Bertz CT molecular complexity index is 768. The van der Waals surface area contributed by atoms with Crippen molar-refractivity contribution in [3.05, 3.63) is 66.2 Å². The first kappa shape index (κ1) is 20.9. The van der Waals surface area contributed by atoms with Gasteiger partial charge in [-0.3, -0.25) is 0 Å². The van der Waals surface area contributed by atoms with Gasteiger partial charge in [-0.2, -0.15) is 0 Å². The third kappa shape index (κ3) is 6.95. The average molecular weight is 394 g/mol. The van der Waals surface area contributed by atoms with Crippen LogP contribution in [0.5, 0.6) is 5.75 Å². The van der Waals surface area contributed by atoms with Gasteiger partial charge in [-0.05, 0) is 62.7 Å². The summed E-state index contributed by atoms with van der Waals surface area (Å²) in [4.78, 5) is 17.2. The fourth-order valence-corrected chi connectivity index (χ4v) is 3.43. The monoisotopic (exact) mass is 393 g/mol. The van der Waals surface area contributed by atoms with E-state index in [4.69, 9.17) is 4.74 Å². The number of hydrogen-bond acceptors (Lipinski definition) is 3. The number of amides is 2. The Morgan fingerprint density at radius 1 is 1.10 bits per heavy atom. The van der Waals surface area contributed by atoms with Crippen molar-refractivity contribution < 1.29 is 9.53 Å². The van der Waals surface area contributed by atoms with Crippen LogP contribution in [0.3, 0.4) is 0 Å². The Morgan fingerprint density at radius 2 is 1.83 bits per heavy atom. The molecule has 5 nitrogen and oxygen atoms in total. The fourth-order valence-electron chi connectivity index (χ4n) is 3.43. The average Bonchev–Trinajstić information content (AvgIpc) is 3.26. The lowest BCUT2D eigenvalue weighted by Crippen LogP contribution is -2.40. The normalized spacial score (nSPS) is 14.2. The number of nitrogens with one attached hydrogen (secondary N) is 1. The molecule has 1 aliphatic heterocycles. The molecule has 0 saturated carbocycles. The highest BCUT2D eigenvalue weighted by Crippen LogP contribution is 2.16. The van der Waals surface area contributed by atoms with E-state index in [-0.39, 0.29) is 6.03 Å². The lowest BCUT2D eigenvalue weighted by Gasteiger charge is -2.25. The van der Waals surface area contributed by atoms with E-state index < -0.39 is 0 Å². The van der Waals surface area contributed by atoms with Gasteiger partial charge in [0.2, 0.25) is 0 Å². The molecule has 154 valence electrons. The SMILES string of the molecule is CCOc1ccc(NC(=O)N(C/C=C/c2ccccc2)CCN2CCCC2)cc1. The van der Waals surface area contributed by atoms with Gasteiger partial charge < -0.3 is 19.9 Å². The Kier molecular flexibility index (Phi) is 8.13. The first-order valence-electron chi connectivity index (χ1n) is 10.5. The molecular weight excluding hydrogens is 362 g/mol. The van der Waals surface area contributed by atoms with Crippen molar-refractivity contribution in [2.45, 2.75) is 19.8 Å². The van der Waals surface area contributed by atoms with Crippen LogP contribution >= 0.6 is 0 Å². The molecule has 0 aromatic heterocycles. The second-order valence-corrected chi connectivity index (χ2v) is 7.20. The van der Waals surface area contributed by atoms with Crippen LogP contribution in [0.25, 0.3) is 6.08 Å². The molecule has 3 rings (SSSR count). The highest BCUT2D eigenvalue weighted by molar-refractivity contribution is 5.89. The zero-order valence-electron chi connectivity index (χ0n) is 17.2. The van der Waals surface area contributed by atoms with E-state index in [1.54, 1.807) is 0 Å². The first-order valence-corrected chi connectivity index (χ1v) is 10.5. The second kappa shape index (κ2) is 11.3. The molecule has 0 radical (unpaired) electrons. The molecule has 2 aromatic rings. The van der Waals surface area contributed by atoms with Crippen LogP contribution in [-0.2, 0) is 0 Å². The van der Waals surface area contributed by atoms with Crippen molar-refractivity contribution in [2.75, 3.05) is 44.6 Å². The summed E-state index contributed by atoms with van der Waals surface area (Å²) < 4.78 is 5.47. The molecule has 1 heterocycles. The summed E-state index contributed by atoms with van der Waals surface area (Å²) in [6.07, 6.45) is 6.63. The molecule has 1 aliphatic rings. The van der Waals surface area contributed by atoms with Crippen molar-refractivity contribution in [3.8, 4) is 5.75 Å². The number of nitrogens with zero attached hydrogens (tertiary/aromatic N) is 2. The van der Waals surface area contributed by atoms with E-state index >= 15 is 0 Å². The van der Waals surface area contributed by atoms with Crippen molar-refractivity contribution in [1.29, 1.82) is 0 Å². The predicted octanol–water partition coefficient (Wildman–Crippen LogP) is 4.73. The van der Waals surface area contributed by atoms with Crippen molar-refractivity contribution in [2.24, 2.45) is 0 Å². The largest absolute Gasteiger partial charge is 0.494 e. The van der Waals surface area contributed by atoms with Gasteiger partial charge in [0.15, 0.2) is 0 Å². The molecule has 0 atom stereocenters. The van der Waals surface area contributed by atoms with Crippen molar-refractivity contribution >= 4 is 17.8 Å². The van der Waals surface area contributed by atoms with E-state index in [0.717, 1.165) is 36.6 Å². The molecule has 0 unspecified atom stereocenters. The smallest absolute Gasteiger partial charge is 0.322 e. The van der Waals surface area contributed by atoms with Gasteiger partial charge in [0.05, 0.1) is 6.61 Å². The summed E-state index contributed by atoms with van der Waals surface area (Å²) in [7, 11) is 0. The zero-order valence-corrected chi connectivity index (χ0v) is 17.2. The van der Waals surface area contributed by atoms with Gasteiger partial charge in [0, 0.05) is 25.3 Å². The van der Waals surface area contributed by atoms with Crippen LogP contribution in [0.2, 0.25) is 0 Å². The molecular formula is C24H31N3O2. The predicted molar refractivity (Wildman–Crippen MR) is 119 cm³/mol. The maximum atomic E-state index is 12.9. The summed E-state index contributed by atoms with van der Waals surface area (Å²) in [5, 5.41) is 3.01. The zero-order chi connectivity index (χ0) is 20.3. The minimum Gasteiger partial charge on any atom is -0.494 e.